The third-order valence-electron chi connectivity index (χ3n) is 4.31. The van der Waals surface area contributed by atoms with Crippen LogP contribution in [0.3, 0.4) is 0 Å². The first-order valence-corrected chi connectivity index (χ1v) is 10.5. The molecular formula is C23H37N3O. The molecule has 0 unspecified atom stereocenters. The second-order valence-corrected chi connectivity index (χ2v) is 6.80. The number of carbonyl (C=O) groups excluding carboxylic acids is 1. The Morgan fingerprint density at radius 1 is 1.00 bits per heavy atom. The Kier molecular flexibility index (Phi) is 14.7. The van der Waals surface area contributed by atoms with E-state index in [1.165, 1.54) is 25.7 Å². The number of amides is 1. The Bertz CT molecular complexity index is 544. The van der Waals surface area contributed by atoms with E-state index in [-0.39, 0.29) is 5.91 Å². The van der Waals surface area contributed by atoms with Crippen molar-refractivity contribution in [1.82, 2.24) is 15.3 Å². The molecule has 1 aromatic rings. The van der Waals surface area contributed by atoms with E-state index in [4.69, 9.17) is 0 Å². The van der Waals surface area contributed by atoms with Crippen LogP contribution in [0.4, 0.5) is 0 Å². The van der Waals surface area contributed by atoms with Gasteiger partial charge in [0.1, 0.15) is 0 Å². The molecule has 1 rings (SSSR count). The molecular weight excluding hydrogens is 334 g/mol. The summed E-state index contributed by atoms with van der Waals surface area (Å²) in [5, 5.41) is 2.95. The first-order chi connectivity index (χ1) is 13.3. The van der Waals surface area contributed by atoms with Crippen molar-refractivity contribution in [2.45, 2.75) is 77.6 Å². The van der Waals surface area contributed by atoms with Crippen molar-refractivity contribution in [3.63, 3.8) is 0 Å². The standard InChI is InChI=1S/C23H37N3O/c1-2-3-4-5-6-7-8-9-10-11-12-13-14-15-16-17-23(27)25-19-18-22-20-24-21-26-22/h6-7,9-10,12-13,20-21H,2-5,8,11,14-19H2,1H3,(H,24,26)(H,25,27)/b7-6-,10-9-,13-12-. The molecule has 1 amide bonds. The first-order valence-electron chi connectivity index (χ1n) is 10.5. The van der Waals surface area contributed by atoms with Crippen LogP contribution in [0, 0.1) is 0 Å². The fraction of sp³-hybridized carbons (Fsp3) is 0.565. The Hall–Kier alpha value is -2.10. The number of H-pyrrole nitrogens is 1. The van der Waals surface area contributed by atoms with Crippen molar-refractivity contribution >= 4 is 5.91 Å². The minimum absolute atomic E-state index is 0.143. The molecule has 27 heavy (non-hydrogen) atoms. The van der Waals surface area contributed by atoms with Crippen molar-refractivity contribution in [2.75, 3.05) is 6.54 Å². The van der Waals surface area contributed by atoms with E-state index < -0.39 is 0 Å². The topological polar surface area (TPSA) is 57.8 Å². The number of aromatic amines is 1. The van der Waals surface area contributed by atoms with Crippen molar-refractivity contribution < 1.29 is 4.79 Å². The average Bonchev–Trinajstić information content (AvgIpc) is 3.18. The molecule has 0 aliphatic rings. The molecule has 0 aliphatic heterocycles. The summed E-state index contributed by atoms with van der Waals surface area (Å²) in [5.74, 6) is 0.143. The quantitative estimate of drug-likeness (QED) is 0.291. The second kappa shape index (κ2) is 17.3. The lowest BCUT2D eigenvalue weighted by Crippen LogP contribution is -2.25. The maximum absolute atomic E-state index is 11.7. The molecule has 4 nitrogen and oxygen atoms in total. The highest BCUT2D eigenvalue weighted by Crippen LogP contribution is 2.03. The van der Waals surface area contributed by atoms with Gasteiger partial charge in [0.25, 0.3) is 0 Å². The summed E-state index contributed by atoms with van der Waals surface area (Å²) < 4.78 is 0. The van der Waals surface area contributed by atoms with E-state index in [1.807, 2.05) is 0 Å². The van der Waals surface area contributed by atoms with E-state index in [9.17, 15) is 4.79 Å². The van der Waals surface area contributed by atoms with Crippen LogP contribution in [0.25, 0.3) is 0 Å². The van der Waals surface area contributed by atoms with Crippen LogP contribution in [-0.4, -0.2) is 22.4 Å². The summed E-state index contributed by atoms with van der Waals surface area (Å²) in [6.07, 6.45) is 28.6. The van der Waals surface area contributed by atoms with Gasteiger partial charge in [-0.15, -0.1) is 0 Å². The molecule has 0 aliphatic carbocycles. The summed E-state index contributed by atoms with van der Waals surface area (Å²) in [5.41, 5.74) is 1.05. The number of nitrogens with one attached hydrogen (secondary N) is 2. The van der Waals surface area contributed by atoms with E-state index in [1.54, 1.807) is 12.5 Å². The van der Waals surface area contributed by atoms with Crippen molar-refractivity contribution in [3.8, 4) is 0 Å². The molecule has 0 saturated carbocycles. The number of imidazole rings is 1. The van der Waals surface area contributed by atoms with Gasteiger partial charge in [0.05, 0.1) is 6.33 Å². The number of allylic oxidation sites excluding steroid dienone is 6. The minimum atomic E-state index is 0.143. The highest BCUT2D eigenvalue weighted by molar-refractivity contribution is 5.75. The Balaban J connectivity index is 1.88. The lowest BCUT2D eigenvalue weighted by atomic mass is 10.1. The van der Waals surface area contributed by atoms with Crippen LogP contribution >= 0.6 is 0 Å². The van der Waals surface area contributed by atoms with Gasteiger partial charge in [-0.25, -0.2) is 4.98 Å². The van der Waals surface area contributed by atoms with Gasteiger partial charge < -0.3 is 10.3 Å². The molecule has 0 atom stereocenters. The number of nitrogens with zero attached hydrogens (tertiary/aromatic N) is 1. The predicted octanol–water partition coefficient (Wildman–Crippen LogP) is 5.66. The normalized spacial score (nSPS) is 11.9. The van der Waals surface area contributed by atoms with Gasteiger partial charge >= 0.3 is 0 Å². The van der Waals surface area contributed by atoms with Crippen LogP contribution in [0.2, 0.25) is 0 Å². The van der Waals surface area contributed by atoms with E-state index in [0.717, 1.165) is 44.2 Å². The molecule has 0 saturated heterocycles. The minimum Gasteiger partial charge on any atom is -0.356 e. The van der Waals surface area contributed by atoms with Gasteiger partial charge in [0, 0.05) is 31.3 Å². The largest absolute Gasteiger partial charge is 0.356 e. The maximum Gasteiger partial charge on any atom is 0.220 e. The van der Waals surface area contributed by atoms with Gasteiger partial charge in [-0.2, -0.15) is 0 Å². The van der Waals surface area contributed by atoms with Gasteiger partial charge in [-0.1, -0.05) is 56.2 Å². The van der Waals surface area contributed by atoms with Crippen LogP contribution < -0.4 is 5.32 Å². The highest BCUT2D eigenvalue weighted by Gasteiger charge is 2.00. The SMILES string of the molecule is CCCCC/C=C\C/C=C\C/C=C\CCCCC(=O)NCCc1cnc[nH]1. The van der Waals surface area contributed by atoms with Crippen LogP contribution in [-0.2, 0) is 11.2 Å². The van der Waals surface area contributed by atoms with Crippen molar-refractivity contribution in [2.24, 2.45) is 0 Å². The molecule has 0 spiro atoms. The lowest BCUT2D eigenvalue weighted by Gasteiger charge is -2.03. The summed E-state index contributed by atoms with van der Waals surface area (Å²) >= 11 is 0. The van der Waals surface area contributed by atoms with E-state index in [2.05, 4.69) is 58.7 Å². The highest BCUT2D eigenvalue weighted by atomic mass is 16.1. The number of unbranched alkanes of at least 4 members (excludes halogenated alkanes) is 5. The van der Waals surface area contributed by atoms with Gasteiger partial charge in [-0.3, -0.25) is 4.79 Å². The number of rotatable bonds is 16. The summed E-state index contributed by atoms with van der Waals surface area (Å²) in [6, 6.07) is 0. The predicted molar refractivity (Wildman–Crippen MR) is 115 cm³/mol. The average molecular weight is 372 g/mol. The van der Waals surface area contributed by atoms with E-state index in [0.29, 0.717) is 13.0 Å². The number of aromatic nitrogens is 2. The van der Waals surface area contributed by atoms with Gasteiger partial charge in [0.2, 0.25) is 5.91 Å². The van der Waals surface area contributed by atoms with Gasteiger partial charge in [0.15, 0.2) is 0 Å². The lowest BCUT2D eigenvalue weighted by molar-refractivity contribution is -0.121. The van der Waals surface area contributed by atoms with Gasteiger partial charge in [-0.05, 0) is 44.9 Å². The molecule has 1 heterocycles. The molecule has 0 aromatic carbocycles. The van der Waals surface area contributed by atoms with E-state index >= 15 is 0 Å². The fourth-order valence-electron chi connectivity index (χ4n) is 2.68. The Labute approximate surface area is 165 Å². The number of hydrogen-bond donors (Lipinski definition) is 2. The van der Waals surface area contributed by atoms with Crippen LogP contribution in [0.1, 0.15) is 76.8 Å². The molecule has 4 heteroatoms. The molecule has 1 aromatic heterocycles. The first kappa shape index (κ1) is 22.9. The number of hydrogen-bond acceptors (Lipinski definition) is 2. The zero-order valence-corrected chi connectivity index (χ0v) is 17.0. The zero-order chi connectivity index (χ0) is 19.4. The second-order valence-electron chi connectivity index (χ2n) is 6.80. The molecule has 2 N–H and O–H groups in total. The maximum atomic E-state index is 11.7. The number of carbonyl (C=O) groups is 1. The zero-order valence-electron chi connectivity index (χ0n) is 17.0. The molecule has 0 radical (unpaired) electrons. The van der Waals surface area contributed by atoms with Crippen LogP contribution in [0.15, 0.2) is 49.0 Å². The summed E-state index contributed by atoms with van der Waals surface area (Å²) in [6.45, 7) is 2.91. The summed E-state index contributed by atoms with van der Waals surface area (Å²) in [7, 11) is 0. The Morgan fingerprint density at radius 3 is 2.30 bits per heavy atom. The summed E-state index contributed by atoms with van der Waals surface area (Å²) in [4.78, 5) is 18.7. The van der Waals surface area contributed by atoms with Crippen molar-refractivity contribution in [1.29, 1.82) is 0 Å². The molecule has 0 bridgehead atoms. The molecule has 0 fully saturated rings. The molecule has 150 valence electrons. The third-order valence-corrected chi connectivity index (χ3v) is 4.31. The van der Waals surface area contributed by atoms with Crippen LogP contribution in [0.5, 0.6) is 0 Å². The monoisotopic (exact) mass is 371 g/mol. The third kappa shape index (κ3) is 14.7. The Morgan fingerprint density at radius 2 is 1.67 bits per heavy atom. The van der Waals surface area contributed by atoms with Crippen molar-refractivity contribution in [3.05, 3.63) is 54.7 Å². The fourth-order valence-corrected chi connectivity index (χ4v) is 2.68. The smallest absolute Gasteiger partial charge is 0.220 e.